The topological polar surface area (TPSA) is 96.0 Å². The third-order valence-electron chi connectivity index (χ3n) is 5.11. The normalized spacial score (nSPS) is 14.9. The second-order valence-electron chi connectivity index (χ2n) is 7.09. The lowest BCUT2D eigenvalue weighted by Crippen LogP contribution is -2.49. The number of methoxy groups -OCH3 is 1. The van der Waals surface area contributed by atoms with Crippen LogP contribution in [-0.2, 0) is 21.4 Å². The zero-order valence-corrected chi connectivity index (χ0v) is 18.1. The van der Waals surface area contributed by atoms with Crippen LogP contribution in [0.3, 0.4) is 0 Å². The number of ether oxygens (including phenoxy) is 1. The Morgan fingerprint density at radius 3 is 2.26 bits per heavy atom. The van der Waals surface area contributed by atoms with Crippen molar-refractivity contribution in [2.75, 3.05) is 33.3 Å². The maximum atomic E-state index is 13.8. The van der Waals surface area contributed by atoms with Gasteiger partial charge in [-0.25, -0.2) is 12.8 Å². The quantitative estimate of drug-likeness (QED) is 0.723. The molecular formula is C21H24FN3O5S. The van der Waals surface area contributed by atoms with Gasteiger partial charge in [0, 0.05) is 45.2 Å². The predicted molar refractivity (Wildman–Crippen MR) is 112 cm³/mol. The molecule has 2 aromatic carbocycles. The van der Waals surface area contributed by atoms with Gasteiger partial charge in [0.25, 0.3) is 5.91 Å². The fourth-order valence-corrected chi connectivity index (χ4v) is 4.70. The highest BCUT2D eigenvalue weighted by Crippen LogP contribution is 2.19. The van der Waals surface area contributed by atoms with Crippen LogP contribution in [0.5, 0.6) is 5.75 Å². The summed E-state index contributed by atoms with van der Waals surface area (Å²) >= 11 is 0. The number of benzene rings is 2. The number of nitrogens with one attached hydrogen (secondary N) is 1. The minimum Gasteiger partial charge on any atom is -0.494 e. The molecule has 1 fully saturated rings. The van der Waals surface area contributed by atoms with Crippen LogP contribution in [-0.4, -0.2) is 62.7 Å². The van der Waals surface area contributed by atoms with Gasteiger partial charge >= 0.3 is 0 Å². The maximum absolute atomic E-state index is 13.8. The minimum atomic E-state index is -3.71. The Bertz CT molecular complexity index is 1060. The Morgan fingerprint density at radius 1 is 1.06 bits per heavy atom. The van der Waals surface area contributed by atoms with Crippen molar-refractivity contribution in [3.63, 3.8) is 0 Å². The first-order valence-electron chi connectivity index (χ1n) is 9.68. The van der Waals surface area contributed by atoms with Crippen LogP contribution >= 0.6 is 0 Å². The van der Waals surface area contributed by atoms with E-state index in [4.69, 9.17) is 4.74 Å². The van der Waals surface area contributed by atoms with Crippen molar-refractivity contribution in [3.8, 4) is 5.75 Å². The van der Waals surface area contributed by atoms with Crippen molar-refractivity contribution in [1.82, 2.24) is 14.5 Å². The van der Waals surface area contributed by atoms with Gasteiger partial charge < -0.3 is 15.0 Å². The van der Waals surface area contributed by atoms with Gasteiger partial charge in [-0.3, -0.25) is 9.59 Å². The van der Waals surface area contributed by atoms with E-state index in [0.717, 1.165) is 0 Å². The number of carbonyl (C=O) groups is 2. The van der Waals surface area contributed by atoms with E-state index in [2.05, 4.69) is 5.32 Å². The number of hydrogen-bond donors (Lipinski definition) is 1. The molecule has 3 rings (SSSR count). The van der Waals surface area contributed by atoms with Crippen LogP contribution in [0.4, 0.5) is 4.39 Å². The molecule has 10 heteroatoms. The first-order chi connectivity index (χ1) is 14.7. The summed E-state index contributed by atoms with van der Waals surface area (Å²) in [4.78, 5) is 25.5. The molecule has 0 unspecified atom stereocenters. The molecule has 1 heterocycles. The molecular weight excluding hydrogens is 425 g/mol. The number of carbonyl (C=O) groups excluding carboxylic acids is 2. The summed E-state index contributed by atoms with van der Waals surface area (Å²) in [7, 11) is -2.34. The Balaban J connectivity index is 1.62. The maximum Gasteiger partial charge on any atom is 0.251 e. The number of amides is 2. The van der Waals surface area contributed by atoms with E-state index in [0.29, 0.717) is 18.7 Å². The molecule has 1 N–H and O–H groups in total. The standard InChI is InChI=1S/C21H24FN3O5S/c1-15(26)24-9-11-25(12-10-24)31(28,29)18-6-4-17(5-7-18)21(27)23-14-16-3-8-20(30-2)19(22)13-16/h3-8,13H,9-12,14H2,1-2H3,(H,23,27). The molecule has 0 spiro atoms. The Morgan fingerprint density at radius 2 is 1.71 bits per heavy atom. The lowest BCUT2D eigenvalue weighted by molar-refractivity contribution is -0.129. The van der Waals surface area contributed by atoms with Crippen LogP contribution in [0.2, 0.25) is 0 Å². The highest BCUT2D eigenvalue weighted by atomic mass is 32.2. The predicted octanol–water partition coefficient (Wildman–Crippen LogP) is 1.62. The second-order valence-corrected chi connectivity index (χ2v) is 9.02. The van der Waals surface area contributed by atoms with Crippen molar-refractivity contribution >= 4 is 21.8 Å². The van der Waals surface area contributed by atoms with E-state index in [1.54, 1.807) is 11.0 Å². The van der Waals surface area contributed by atoms with Gasteiger partial charge in [-0.2, -0.15) is 4.31 Å². The van der Waals surface area contributed by atoms with E-state index in [1.165, 1.54) is 54.7 Å². The van der Waals surface area contributed by atoms with Crippen LogP contribution in [0.25, 0.3) is 0 Å². The van der Waals surface area contributed by atoms with Crippen LogP contribution in [0, 0.1) is 5.82 Å². The van der Waals surface area contributed by atoms with Crippen molar-refractivity contribution in [1.29, 1.82) is 0 Å². The SMILES string of the molecule is COc1ccc(CNC(=O)c2ccc(S(=O)(=O)N3CCN(C(C)=O)CC3)cc2)cc1F. The summed E-state index contributed by atoms with van der Waals surface area (Å²) in [6, 6.07) is 10.0. The first-order valence-corrected chi connectivity index (χ1v) is 11.1. The Labute approximate surface area is 180 Å². The van der Waals surface area contributed by atoms with Gasteiger partial charge in [0.05, 0.1) is 12.0 Å². The van der Waals surface area contributed by atoms with E-state index >= 15 is 0 Å². The lowest BCUT2D eigenvalue weighted by Gasteiger charge is -2.33. The number of sulfonamides is 1. The summed E-state index contributed by atoms with van der Waals surface area (Å²) < 4.78 is 45.6. The molecule has 0 aliphatic carbocycles. The Hall–Kier alpha value is -2.98. The summed E-state index contributed by atoms with van der Waals surface area (Å²) in [6.45, 7) is 2.71. The van der Waals surface area contributed by atoms with Crippen LogP contribution < -0.4 is 10.1 Å². The molecule has 1 aliphatic rings. The van der Waals surface area contributed by atoms with Crippen LogP contribution in [0.1, 0.15) is 22.8 Å². The van der Waals surface area contributed by atoms with Crippen molar-refractivity contribution < 1.29 is 27.1 Å². The van der Waals surface area contributed by atoms with Crippen molar-refractivity contribution in [2.24, 2.45) is 0 Å². The third-order valence-corrected chi connectivity index (χ3v) is 7.02. The van der Waals surface area contributed by atoms with E-state index in [9.17, 15) is 22.4 Å². The van der Waals surface area contributed by atoms with E-state index < -0.39 is 21.7 Å². The first kappa shape index (κ1) is 22.7. The van der Waals surface area contributed by atoms with Gasteiger partial charge in [0.1, 0.15) is 0 Å². The fourth-order valence-electron chi connectivity index (χ4n) is 3.27. The van der Waals surface area contributed by atoms with Crippen molar-refractivity contribution in [3.05, 3.63) is 59.4 Å². The molecule has 0 aromatic heterocycles. The average Bonchev–Trinajstić information content (AvgIpc) is 2.77. The molecule has 0 atom stereocenters. The molecule has 1 saturated heterocycles. The largest absolute Gasteiger partial charge is 0.494 e. The monoisotopic (exact) mass is 449 g/mol. The van der Waals surface area contributed by atoms with E-state index in [1.807, 2.05) is 0 Å². The highest BCUT2D eigenvalue weighted by Gasteiger charge is 2.29. The molecule has 1 aliphatic heterocycles. The molecule has 31 heavy (non-hydrogen) atoms. The van der Waals surface area contributed by atoms with Crippen molar-refractivity contribution in [2.45, 2.75) is 18.4 Å². The number of nitrogens with zero attached hydrogens (tertiary/aromatic N) is 2. The van der Waals surface area contributed by atoms with E-state index in [-0.39, 0.29) is 41.7 Å². The molecule has 0 bridgehead atoms. The highest BCUT2D eigenvalue weighted by molar-refractivity contribution is 7.89. The van der Waals surface area contributed by atoms with Crippen LogP contribution in [0.15, 0.2) is 47.4 Å². The molecule has 2 aromatic rings. The average molecular weight is 450 g/mol. The molecule has 8 nitrogen and oxygen atoms in total. The lowest BCUT2D eigenvalue weighted by atomic mass is 10.2. The second kappa shape index (κ2) is 9.44. The molecule has 2 amide bonds. The number of piperazine rings is 1. The van der Waals surface area contributed by atoms with Gasteiger partial charge in [0.2, 0.25) is 15.9 Å². The Kier molecular flexibility index (Phi) is 6.91. The molecule has 0 radical (unpaired) electrons. The third kappa shape index (κ3) is 5.20. The zero-order valence-electron chi connectivity index (χ0n) is 17.3. The molecule has 166 valence electrons. The van der Waals surface area contributed by atoms with Gasteiger partial charge in [-0.05, 0) is 42.0 Å². The van der Waals surface area contributed by atoms with Gasteiger partial charge in [-0.1, -0.05) is 6.07 Å². The summed E-state index contributed by atoms with van der Waals surface area (Å²) in [5.41, 5.74) is 0.852. The number of halogens is 1. The smallest absolute Gasteiger partial charge is 0.251 e. The number of hydrogen-bond acceptors (Lipinski definition) is 5. The molecule has 0 saturated carbocycles. The fraction of sp³-hybridized carbons (Fsp3) is 0.333. The van der Waals surface area contributed by atoms with Gasteiger partial charge in [-0.15, -0.1) is 0 Å². The zero-order chi connectivity index (χ0) is 22.6. The summed E-state index contributed by atoms with van der Waals surface area (Å²) in [5, 5.41) is 2.67. The minimum absolute atomic E-state index is 0.0789. The number of rotatable bonds is 6. The van der Waals surface area contributed by atoms with Gasteiger partial charge in [0.15, 0.2) is 11.6 Å². The summed E-state index contributed by atoms with van der Waals surface area (Å²) in [6.07, 6.45) is 0. The summed E-state index contributed by atoms with van der Waals surface area (Å²) in [5.74, 6) is -0.887.